The maximum atomic E-state index is 6.36. The predicted molar refractivity (Wildman–Crippen MR) is 131 cm³/mol. The van der Waals surface area contributed by atoms with E-state index in [2.05, 4.69) is 113 Å². The summed E-state index contributed by atoms with van der Waals surface area (Å²) >= 11 is 0. The standard InChI is InChI=1S/C30H21N2O/c1-2-9-19(10-3-1)31-24-13-5-6-14-25(24)32-27-17-23-20-11-4-7-16-28(20)33-29(23)18-22(27)21-12-8-15-26(31)30(21)32/h1-16,18,28,30H,17H2/q+1. The first kappa shape index (κ1) is 17.4. The molecule has 0 saturated carbocycles. The number of allylic oxidation sites excluding steroid dienone is 7. The van der Waals surface area contributed by atoms with Crippen LogP contribution in [-0.2, 0) is 4.74 Å². The zero-order chi connectivity index (χ0) is 21.5. The molecular weight excluding hydrogens is 404 g/mol. The van der Waals surface area contributed by atoms with Gasteiger partial charge in [0.25, 0.3) is 0 Å². The molecule has 0 spiro atoms. The SMILES string of the molecule is C1=CC2=C3CC4=[N+]5c6ccccc6N(c6ccccc6)C6=CC=CC(=C4C=C3OC2C=C1)C65. The van der Waals surface area contributed by atoms with Gasteiger partial charge in [0.1, 0.15) is 17.6 Å². The van der Waals surface area contributed by atoms with Gasteiger partial charge in [-0.25, -0.2) is 0 Å². The maximum absolute atomic E-state index is 6.36. The summed E-state index contributed by atoms with van der Waals surface area (Å²) in [4.78, 5) is 2.43. The number of benzene rings is 2. The van der Waals surface area contributed by atoms with E-state index in [1.165, 1.54) is 50.8 Å². The van der Waals surface area contributed by atoms with Gasteiger partial charge in [-0.05, 0) is 36.4 Å². The lowest BCUT2D eigenvalue weighted by Gasteiger charge is -2.36. The molecule has 2 aromatic rings. The highest BCUT2D eigenvalue weighted by Gasteiger charge is 2.52. The minimum Gasteiger partial charge on any atom is -0.481 e. The molecule has 3 aliphatic heterocycles. The van der Waals surface area contributed by atoms with Crippen LogP contribution < -0.4 is 4.90 Å². The third-order valence-electron chi connectivity index (χ3n) is 7.44. The highest BCUT2D eigenvalue weighted by molar-refractivity contribution is 6.07. The van der Waals surface area contributed by atoms with Gasteiger partial charge in [0, 0.05) is 28.5 Å². The van der Waals surface area contributed by atoms with Crippen LogP contribution in [0.5, 0.6) is 0 Å². The fraction of sp³-hybridized carbons (Fsp3) is 0.100. The Kier molecular flexibility index (Phi) is 3.29. The summed E-state index contributed by atoms with van der Waals surface area (Å²) < 4.78 is 8.94. The van der Waals surface area contributed by atoms with Crippen molar-refractivity contribution in [2.45, 2.75) is 18.6 Å². The largest absolute Gasteiger partial charge is 0.481 e. The predicted octanol–water partition coefficient (Wildman–Crippen LogP) is 6.16. The van der Waals surface area contributed by atoms with Crippen LogP contribution in [0.15, 0.2) is 137 Å². The first-order chi connectivity index (χ1) is 16.4. The number of rotatable bonds is 1. The van der Waals surface area contributed by atoms with Crippen LogP contribution >= 0.6 is 0 Å². The second kappa shape index (κ2) is 6.23. The molecule has 6 aliphatic rings. The molecule has 0 saturated heterocycles. The Morgan fingerprint density at radius 1 is 0.879 bits per heavy atom. The van der Waals surface area contributed by atoms with Crippen molar-refractivity contribution in [1.29, 1.82) is 0 Å². The van der Waals surface area contributed by atoms with Gasteiger partial charge in [-0.3, -0.25) is 0 Å². The van der Waals surface area contributed by atoms with Gasteiger partial charge in [0.2, 0.25) is 11.7 Å². The van der Waals surface area contributed by atoms with Crippen LogP contribution in [0.4, 0.5) is 17.1 Å². The average Bonchev–Trinajstić information content (AvgIpc) is 3.40. The number of anilines is 2. The third-order valence-corrected chi connectivity index (χ3v) is 7.44. The molecule has 0 radical (unpaired) electrons. The van der Waals surface area contributed by atoms with E-state index in [-0.39, 0.29) is 12.1 Å². The summed E-state index contributed by atoms with van der Waals surface area (Å²) in [6.45, 7) is 0. The number of hydrogen-bond donors (Lipinski definition) is 0. The van der Waals surface area contributed by atoms with E-state index in [0.29, 0.717) is 0 Å². The fourth-order valence-electron chi connectivity index (χ4n) is 6.10. The molecule has 3 aliphatic carbocycles. The molecular formula is C30H21N2O+. The number of fused-ring (bicyclic) bond motifs is 5. The fourth-order valence-corrected chi connectivity index (χ4v) is 6.10. The van der Waals surface area contributed by atoms with Crippen molar-refractivity contribution >= 4 is 22.8 Å². The topological polar surface area (TPSA) is 15.5 Å². The highest BCUT2D eigenvalue weighted by Crippen LogP contribution is 2.52. The molecule has 0 amide bonds. The minimum absolute atomic E-state index is 0.0524. The van der Waals surface area contributed by atoms with E-state index in [1.807, 2.05) is 0 Å². The van der Waals surface area contributed by atoms with Crippen molar-refractivity contribution in [2.75, 3.05) is 4.90 Å². The molecule has 156 valence electrons. The van der Waals surface area contributed by atoms with E-state index >= 15 is 0 Å². The van der Waals surface area contributed by atoms with E-state index in [9.17, 15) is 0 Å². The van der Waals surface area contributed by atoms with Crippen molar-refractivity contribution in [3.8, 4) is 0 Å². The second-order valence-corrected chi connectivity index (χ2v) is 9.10. The quantitative estimate of drug-likeness (QED) is 0.508. The first-order valence-electron chi connectivity index (χ1n) is 11.6. The third kappa shape index (κ3) is 2.21. The maximum Gasteiger partial charge on any atom is 0.230 e. The average molecular weight is 426 g/mol. The molecule has 0 N–H and O–H groups in total. The minimum atomic E-state index is 0.0524. The molecule has 2 aromatic carbocycles. The normalized spacial score (nSPS) is 25.3. The molecule has 0 fully saturated rings. The number of para-hydroxylation sites is 3. The van der Waals surface area contributed by atoms with E-state index < -0.39 is 0 Å². The lowest BCUT2D eigenvalue weighted by atomic mass is 9.87. The summed E-state index contributed by atoms with van der Waals surface area (Å²) in [6.07, 6.45) is 18.6. The number of ether oxygens (including phenoxy) is 1. The van der Waals surface area contributed by atoms with Crippen LogP contribution in [0, 0.1) is 0 Å². The molecule has 0 bridgehead atoms. The zero-order valence-electron chi connectivity index (χ0n) is 18.0. The number of nitrogens with zero attached hydrogens (tertiary/aromatic N) is 2. The van der Waals surface area contributed by atoms with Crippen molar-refractivity contribution in [2.24, 2.45) is 0 Å². The second-order valence-electron chi connectivity index (χ2n) is 9.10. The Morgan fingerprint density at radius 3 is 2.67 bits per heavy atom. The summed E-state index contributed by atoms with van der Waals surface area (Å²) in [7, 11) is 0. The van der Waals surface area contributed by atoms with Gasteiger partial charge in [-0.15, -0.1) is 0 Å². The summed E-state index contributed by atoms with van der Waals surface area (Å²) in [6, 6.07) is 19.7. The Hall–Kier alpha value is -4.11. The van der Waals surface area contributed by atoms with E-state index in [0.717, 1.165) is 12.2 Å². The molecule has 0 aromatic heterocycles. The van der Waals surface area contributed by atoms with Crippen LogP contribution in [-0.4, -0.2) is 22.4 Å². The molecule has 2 atom stereocenters. The molecule has 3 heteroatoms. The van der Waals surface area contributed by atoms with Crippen LogP contribution in [0.2, 0.25) is 0 Å². The summed E-state index contributed by atoms with van der Waals surface area (Å²) in [5.41, 5.74) is 11.7. The van der Waals surface area contributed by atoms with E-state index in [4.69, 9.17) is 4.74 Å². The van der Waals surface area contributed by atoms with Crippen molar-refractivity contribution in [3.05, 3.63) is 137 Å². The van der Waals surface area contributed by atoms with Crippen molar-refractivity contribution < 1.29 is 9.31 Å². The summed E-state index contributed by atoms with van der Waals surface area (Å²) in [5.74, 6) is 1.04. The van der Waals surface area contributed by atoms with E-state index in [1.54, 1.807) is 0 Å². The first-order valence-corrected chi connectivity index (χ1v) is 11.6. The smallest absolute Gasteiger partial charge is 0.230 e. The van der Waals surface area contributed by atoms with Crippen LogP contribution in [0.3, 0.4) is 0 Å². The van der Waals surface area contributed by atoms with Crippen molar-refractivity contribution in [3.63, 3.8) is 0 Å². The lowest BCUT2D eigenvalue weighted by molar-refractivity contribution is -0.461. The van der Waals surface area contributed by atoms with Gasteiger partial charge < -0.3 is 9.64 Å². The van der Waals surface area contributed by atoms with Gasteiger partial charge in [-0.2, -0.15) is 4.58 Å². The lowest BCUT2D eigenvalue weighted by Crippen LogP contribution is -2.39. The van der Waals surface area contributed by atoms with Crippen LogP contribution in [0.25, 0.3) is 0 Å². The zero-order valence-corrected chi connectivity index (χ0v) is 18.0. The Bertz CT molecular complexity index is 1510. The monoisotopic (exact) mass is 425 g/mol. The summed E-state index contributed by atoms with van der Waals surface area (Å²) in [5, 5.41) is 0. The highest BCUT2D eigenvalue weighted by atomic mass is 16.5. The molecule has 2 unspecified atom stereocenters. The van der Waals surface area contributed by atoms with Gasteiger partial charge >= 0.3 is 0 Å². The van der Waals surface area contributed by atoms with Crippen molar-refractivity contribution in [1.82, 2.24) is 0 Å². The number of hydrogen-bond acceptors (Lipinski definition) is 2. The molecule has 8 rings (SSSR count). The molecule has 33 heavy (non-hydrogen) atoms. The van der Waals surface area contributed by atoms with Gasteiger partial charge in [0.15, 0.2) is 5.71 Å². The van der Waals surface area contributed by atoms with Gasteiger partial charge in [-0.1, -0.05) is 60.7 Å². The molecule has 3 nitrogen and oxygen atoms in total. The molecule has 3 heterocycles. The Balaban J connectivity index is 1.40. The Morgan fingerprint density at radius 2 is 1.73 bits per heavy atom. The van der Waals surface area contributed by atoms with Gasteiger partial charge in [0.05, 0.1) is 17.7 Å². The Labute approximate surface area is 192 Å². The van der Waals surface area contributed by atoms with Crippen LogP contribution in [0.1, 0.15) is 6.42 Å².